The molecule has 0 aliphatic rings. The van der Waals surface area contributed by atoms with Crippen molar-refractivity contribution in [1.29, 1.82) is 0 Å². The number of esters is 1. The number of amides is 2. The van der Waals surface area contributed by atoms with E-state index in [-0.39, 0.29) is 65.5 Å². The van der Waals surface area contributed by atoms with Gasteiger partial charge in [-0.25, -0.2) is 9.59 Å². The molecule has 0 aliphatic carbocycles. The fourth-order valence-electron chi connectivity index (χ4n) is 4.95. The van der Waals surface area contributed by atoms with Gasteiger partial charge in [0.05, 0.1) is 54.7 Å². The molecule has 2 amide bonds. The van der Waals surface area contributed by atoms with Gasteiger partial charge in [0.1, 0.15) is 0 Å². The van der Waals surface area contributed by atoms with Crippen molar-refractivity contribution in [1.82, 2.24) is 0 Å². The van der Waals surface area contributed by atoms with Crippen LogP contribution in [-0.4, -0.2) is 67.9 Å². The van der Waals surface area contributed by atoms with Gasteiger partial charge in [-0.15, -0.1) is 0 Å². The van der Waals surface area contributed by atoms with Crippen LogP contribution in [0.15, 0.2) is 60.7 Å². The molecule has 4 rings (SSSR count). The summed E-state index contributed by atoms with van der Waals surface area (Å²) in [7, 11) is 4.28. The van der Waals surface area contributed by atoms with E-state index < -0.39 is 17.8 Å². The van der Waals surface area contributed by atoms with Crippen LogP contribution in [0.1, 0.15) is 87.7 Å². The number of carbonyl (C=O) groups is 4. The summed E-state index contributed by atoms with van der Waals surface area (Å²) in [6.07, 6.45) is -0.230. The number of aromatic carboxylic acids is 1. The Labute approximate surface area is 349 Å². The summed E-state index contributed by atoms with van der Waals surface area (Å²) in [6.45, 7) is 10.9. The number of aryl methyl sites for hydroxylation is 2. The molecule has 13 nitrogen and oxygen atoms in total. The van der Waals surface area contributed by atoms with Gasteiger partial charge in [-0.2, -0.15) is 0 Å². The summed E-state index contributed by atoms with van der Waals surface area (Å²) in [5.41, 5.74) is 3.51. The number of carboxylic acids is 1. The molecule has 4 N–H and O–H groups in total. The van der Waals surface area contributed by atoms with Gasteiger partial charge in [-0.3, -0.25) is 9.59 Å². The van der Waals surface area contributed by atoms with Crippen LogP contribution in [0.25, 0.3) is 0 Å². The van der Waals surface area contributed by atoms with Crippen molar-refractivity contribution in [2.24, 2.45) is 0 Å². The molecule has 0 spiro atoms. The average molecular weight is 810 g/mol. The van der Waals surface area contributed by atoms with Crippen molar-refractivity contribution in [2.75, 3.05) is 32.0 Å². The number of hydrogen-bond acceptors (Lipinski definition) is 10. The molecule has 0 atom stereocenters. The molecular formula is C40H47Cl2LiN2O11. The van der Waals surface area contributed by atoms with Crippen molar-refractivity contribution in [3.63, 3.8) is 0 Å². The van der Waals surface area contributed by atoms with Crippen LogP contribution >= 0.6 is 23.2 Å². The Hall–Kier alpha value is -4.90. The van der Waals surface area contributed by atoms with Gasteiger partial charge in [0.25, 0.3) is 11.8 Å². The predicted octanol–water partition coefficient (Wildman–Crippen LogP) is 6.34. The third-order valence-electron chi connectivity index (χ3n) is 7.28. The van der Waals surface area contributed by atoms with Gasteiger partial charge >= 0.3 is 30.8 Å². The summed E-state index contributed by atoms with van der Waals surface area (Å²) >= 11 is 12.4. The summed E-state index contributed by atoms with van der Waals surface area (Å²) in [5, 5.41) is 15.1. The van der Waals surface area contributed by atoms with Gasteiger partial charge < -0.3 is 44.9 Å². The topological polar surface area (TPSA) is 189 Å². The van der Waals surface area contributed by atoms with Crippen LogP contribution in [0, 0.1) is 13.8 Å². The fraction of sp³-hybridized carbons (Fsp3) is 0.300. The van der Waals surface area contributed by atoms with E-state index in [1.54, 1.807) is 50.2 Å². The van der Waals surface area contributed by atoms with Crippen molar-refractivity contribution in [3.8, 4) is 23.0 Å². The van der Waals surface area contributed by atoms with E-state index in [9.17, 15) is 19.2 Å². The molecule has 4 aromatic rings. The van der Waals surface area contributed by atoms with E-state index in [1.807, 2.05) is 27.7 Å². The minimum atomic E-state index is -1.02. The molecule has 0 radical (unpaired) electrons. The van der Waals surface area contributed by atoms with E-state index in [0.717, 1.165) is 0 Å². The van der Waals surface area contributed by atoms with Crippen LogP contribution in [0.2, 0.25) is 10.0 Å². The molecule has 0 saturated heterocycles. The number of methoxy groups -OCH3 is 3. The summed E-state index contributed by atoms with van der Waals surface area (Å²) in [6, 6.07) is 15.6. The number of rotatable bonds is 12. The summed E-state index contributed by atoms with van der Waals surface area (Å²) < 4.78 is 26.6. The van der Waals surface area contributed by atoms with E-state index in [1.165, 1.54) is 45.6 Å². The van der Waals surface area contributed by atoms with Gasteiger partial charge in [0, 0.05) is 22.5 Å². The standard InChI is InChI=1S/C20H22ClNO5.C19H20ClNO5.CH4.Li.H2O/c1-11(2)27-17-10-13(9-16(21)18(17)25-4)19(23)22-14-6-7-15(12(3)8-14)20(24)26-5;1-10(2)26-16-9-12(8-15(20)17(16)25-4)18(22)21-13-5-6-14(19(23)24)11(3)7-13;;;/h6-11H,1-5H3,(H,22,23);5-10H,1-4H3,(H,21,22)(H,23,24);1H4;;1H2/q;;;+1;/p-1. The largest absolute Gasteiger partial charge is 1.00 e. The van der Waals surface area contributed by atoms with Crippen molar-refractivity contribution in [2.45, 2.75) is 61.2 Å². The van der Waals surface area contributed by atoms with Gasteiger partial charge in [0.2, 0.25) is 0 Å². The first-order chi connectivity index (χ1) is 25.0. The second kappa shape index (κ2) is 23.2. The molecule has 298 valence electrons. The van der Waals surface area contributed by atoms with E-state index >= 15 is 0 Å². The number of benzene rings is 4. The quantitative estimate of drug-likeness (QED) is 0.107. The number of nitrogens with one attached hydrogen (secondary N) is 2. The number of hydrogen-bond donors (Lipinski definition) is 3. The van der Waals surface area contributed by atoms with Crippen molar-refractivity contribution >= 4 is 58.3 Å². The Morgan fingerprint density at radius 2 is 1.02 bits per heavy atom. The second-order valence-electron chi connectivity index (χ2n) is 12.1. The van der Waals surface area contributed by atoms with E-state index in [0.29, 0.717) is 62.2 Å². The minimum absolute atomic E-state index is 0. The van der Waals surface area contributed by atoms with Crippen LogP contribution in [-0.2, 0) is 4.74 Å². The van der Waals surface area contributed by atoms with Crippen LogP contribution in [0.3, 0.4) is 0 Å². The number of carbonyl (C=O) groups excluding carboxylic acids is 3. The first kappa shape index (κ1) is 51.1. The maximum atomic E-state index is 12.6. The Kier molecular flexibility index (Phi) is 21.2. The van der Waals surface area contributed by atoms with Crippen LogP contribution < -0.4 is 48.4 Å². The normalized spacial score (nSPS) is 9.95. The Bertz CT molecular complexity index is 2010. The molecule has 0 unspecified atom stereocenters. The number of halogens is 2. The monoisotopic (exact) mass is 808 g/mol. The third-order valence-corrected chi connectivity index (χ3v) is 7.84. The zero-order chi connectivity index (χ0) is 39.6. The van der Waals surface area contributed by atoms with Crippen LogP contribution in [0.4, 0.5) is 11.4 Å². The zero-order valence-electron chi connectivity index (χ0n) is 32.3. The third kappa shape index (κ3) is 13.7. The van der Waals surface area contributed by atoms with Crippen LogP contribution in [0.5, 0.6) is 23.0 Å². The molecule has 0 aromatic heterocycles. The van der Waals surface area contributed by atoms with Gasteiger partial charge in [-0.1, -0.05) is 30.6 Å². The molecular weight excluding hydrogens is 762 g/mol. The maximum Gasteiger partial charge on any atom is 1.00 e. The minimum Gasteiger partial charge on any atom is -0.870 e. The molecule has 0 bridgehead atoms. The zero-order valence-corrected chi connectivity index (χ0v) is 33.8. The maximum absolute atomic E-state index is 12.6. The average Bonchev–Trinajstić information content (AvgIpc) is 3.07. The van der Waals surface area contributed by atoms with E-state index in [2.05, 4.69) is 10.6 Å². The molecule has 0 saturated carbocycles. The Morgan fingerprint density at radius 1 is 0.643 bits per heavy atom. The van der Waals surface area contributed by atoms with Crippen molar-refractivity contribution in [3.05, 3.63) is 104 Å². The summed E-state index contributed by atoms with van der Waals surface area (Å²) in [5.74, 6) is -0.705. The SMILES string of the molecule is C.COC(=O)c1ccc(NC(=O)c2cc(Cl)c(OC)c(OC(C)C)c2)cc1C.COc1c(Cl)cc(C(=O)Nc2ccc(C(=O)O)c(C)c2)cc1OC(C)C.[Li+].[OH-]. The molecule has 0 heterocycles. The molecule has 4 aromatic carbocycles. The molecule has 0 fully saturated rings. The summed E-state index contributed by atoms with van der Waals surface area (Å²) in [4.78, 5) is 47.9. The smallest absolute Gasteiger partial charge is 0.870 e. The second-order valence-corrected chi connectivity index (χ2v) is 12.9. The Balaban J connectivity index is 0.00000103. The first-order valence-electron chi connectivity index (χ1n) is 16.2. The number of carboxylic acid groups (broad SMARTS) is 1. The molecule has 16 heteroatoms. The Morgan fingerprint density at radius 3 is 1.32 bits per heavy atom. The van der Waals surface area contributed by atoms with E-state index in [4.69, 9.17) is 52.0 Å². The molecule has 0 aliphatic heterocycles. The van der Waals surface area contributed by atoms with Crippen molar-refractivity contribution < 1.29 is 72.3 Å². The van der Waals surface area contributed by atoms with Gasteiger partial charge in [-0.05, 0) is 113 Å². The van der Waals surface area contributed by atoms with Gasteiger partial charge in [0.15, 0.2) is 23.0 Å². The first-order valence-corrected chi connectivity index (χ1v) is 17.0. The number of ether oxygens (including phenoxy) is 5. The molecule has 56 heavy (non-hydrogen) atoms. The number of anilines is 2. The fourth-order valence-corrected chi connectivity index (χ4v) is 5.52. The predicted molar refractivity (Wildman–Crippen MR) is 213 cm³/mol.